The first-order valence-corrected chi connectivity index (χ1v) is 6.82. The molecule has 2 rings (SSSR count). The van der Waals surface area contributed by atoms with Crippen LogP contribution in [0.1, 0.15) is 12.2 Å². The minimum Gasteiger partial charge on any atom is -0.478 e. The van der Waals surface area contributed by atoms with Gasteiger partial charge in [-0.15, -0.1) is 0 Å². The molecule has 0 atom stereocenters. The summed E-state index contributed by atoms with van der Waals surface area (Å²) in [6, 6.07) is 8.25. The van der Waals surface area contributed by atoms with E-state index in [1.165, 1.54) is 12.1 Å². The van der Waals surface area contributed by atoms with Gasteiger partial charge >= 0.3 is 5.97 Å². The predicted octanol–water partition coefficient (Wildman–Crippen LogP) is 1.71. The molecule has 118 valence electrons. The Hall–Kier alpha value is -3.22. The van der Waals surface area contributed by atoms with E-state index in [1.54, 1.807) is 31.2 Å². The van der Waals surface area contributed by atoms with Gasteiger partial charge in [-0.25, -0.2) is 9.78 Å². The van der Waals surface area contributed by atoms with E-state index in [0.29, 0.717) is 17.2 Å². The number of aryl methyl sites for hydroxylation is 1. The first-order chi connectivity index (χ1) is 10.9. The van der Waals surface area contributed by atoms with Crippen molar-refractivity contribution >= 4 is 17.6 Å². The number of benzene rings is 1. The van der Waals surface area contributed by atoms with E-state index in [-0.39, 0.29) is 17.9 Å². The summed E-state index contributed by atoms with van der Waals surface area (Å²) in [5.74, 6) is -0.890. The van der Waals surface area contributed by atoms with Crippen LogP contribution >= 0.6 is 0 Å². The molecule has 0 bridgehead atoms. The number of nitrogens with zero attached hydrogens (tertiary/aromatic N) is 1. The lowest BCUT2D eigenvalue weighted by atomic mass is 10.1. The van der Waals surface area contributed by atoms with Crippen molar-refractivity contribution in [3.05, 3.63) is 58.7 Å². The summed E-state index contributed by atoms with van der Waals surface area (Å²) in [6.07, 6.45) is 2.17. The normalized spacial score (nSPS) is 10.7. The van der Waals surface area contributed by atoms with Crippen LogP contribution in [0.3, 0.4) is 0 Å². The van der Waals surface area contributed by atoms with Crippen molar-refractivity contribution < 1.29 is 14.7 Å². The number of hydrogen-bond donors (Lipinski definition) is 3. The largest absolute Gasteiger partial charge is 0.478 e. The fourth-order valence-corrected chi connectivity index (χ4v) is 1.93. The van der Waals surface area contributed by atoms with Crippen LogP contribution in [-0.4, -0.2) is 27.0 Å². The van der Waals surface area contributed by atoms with Crippen molar-refractivity contribution in [2.45, 2.75) is 13.3 Å². The Morgan fingerprint density at radius 2 is 2.00 bits per heavy atom. The minimum absolute atomic E-state index is 0.0249. The number of amides is 1. The number of aromatic nitrogens is 2. The zero-order chi connectivity index (χ0) is 16.8. The van der Waals surface area contributed by atoms with E-state index >= 15 is 0 Å². The number of rotatable bonds is 5. The van der Waals surface area contributed by atoms with Crippen molar-refractivity contribution in [2.24, 2.45) is 0 Å². The Kier molecular flexibility index (Phi) is 5.03. The molecular formula is C16H15N3O4. The minimum atomic E-state index is -1.09. The number of carbonyl (C=O) groups is 2. The molecule has 1 aromatic carbocycles. The van der Waals surface area contributed by atoms with Crippen LogP contribution in [0.4, 0.5) is 5.69 Å². The van der Waals surface area contributed by atoms with Crippen LogP contribution in [0, 0.1) is 6.92 Å². The maximum atomic E-state index is 11.6. The fraction of sp³-hybridized carbons (Fsp3) is 0.125. The summed E-state index contributed by atoms with van der Waals surface area (Å²) in [5.41, 5.74) is 1.65. The molecule has 1 amide bonds. The van der Waals surface area contributed by atoms with E-state index in [0.717, 1.165) is 11.6 Å². The highest BCUT2D eigenvalue weighted by molar-refractivity contribution is 5.92. The molecular weight excluding hydrogens is 298 g/mol. The molecule has 0 spiro atoms. The number of H-pyrrole nitrogens is 1. The van der Waals surface area contributed by atoms with Gasteiger partial charge in [-0.3, -0.25) is 9.59 Å². The first-order valence-electron chi connectivity index (χ1n) is 6.82. The van der Waals surface area contributed by atoms with E-state index in [9.17, 15) is 14.4 Å². The molecule has 1 heterocycles. The Morgan fingerprint density at radius 1 is 1.30 bits per heavy atom. The van der Waals surface area contributed by atoms with Crippen LogP contribution in [0.5, 0.6) is 0 Å². The quantitative estimate of drug-likeness (QED) is 0.727. The first kappa shape index (κ1) is 16.2. The third-order valence-electron chi connectivity index (χ3n) is 2.89. The van der Waals surface area contributed by atoms with Gasteiger partial charge in [0.25, 0.3) is 5.56 Å². The van der Waals surface area contributed by atoms with Crippen molar-refractivity contribution in [3.63, 3.8) is 0 Å². The zero-order valence-corrected chi connectivity index (χ0v) is 12.4. The van der Waals surface area contributed by atoms with E-state index in [2.05, 4.69) is 15.3 Å². The smallest absolute Gasteiger partial charge is 0.327 e. The van der Waals surface area contributed by atoms with E-state index in [1.807, 2.05) is 0 Å². The summed E-state index contributed by atoms with van der Waals surface area (Å²) >= 11 is 0. The maximum Gasteiger partial charge on any atom is 0.327 e. The van der Waals surface area contributed by atoms with Gasteiger partial charge in [-0.2, -0.15) is 0 Å². The summed E-state index contributed by atoms with van der Waals surface area (Å²) in [5, 5.41) is 11.1. The highest BCUT2D eigenvalue weighted by atomic mass is 16.4. The summed E-state index contributed by atoms with van der Waals surface area (Å²) in [7, 11) is 0. The predicted molar refractivity (Wildman–Crippen MR) is 85.1 cm³/mol. The zero-order valence-electron chi connectivity index (χ0n) is 12.4. The molecule has 3 N–H and O–H groups in total. The number of nitrogens with one attached hydrogen (secondary N) is 2. The average molecular weight is 313 g/mol. The number of carbonyl (C=O) groups excluding carboxylic acids is 1. The van der Waals surface area contributed by atoms with Crippen molar-refractivity contribution in [1.29, 1.82) is 0 Å². The van der Waals surface area contributed by atoms with Gasteiger partial charge in [0.2, 0.25) is 5.91 Å². The van der Waals surface area contributed by atoms with Crippen LogP contribution in [-0.2, 0) is 9.59 Å². The third-order valence-corrected chi connectivity index (χ3v) is 2.89. The van der Waals surface area contributed by atoms with Gasteiger partial charge in [0.05, 0.1) is 5.69 Å². The second kappa shape index (κ2) is 7.17. The monoisotopic (exact) mass is 313 g/mol. The summed E-state index contributed by atoms with van der Waals surface area (Å²) in [4.78, 5) is 40.2. The van der Waals surface area contributed by atoms with Gasteiger partial charge in [-0.05, 0) is 19.1 Å². The second-order valence-electron chi connectivity index (χ2n) is 4.79. The molecule has 0 aliphatic heterocycles. The molecule has 7 nitrogen and oxygen atoms in total. The summed E-state index contributed by atoms with van der Waals surface area (Å²) in [6.45, 7) is 1.70. The molecule has 0 aliphatic carbocycles. The van der Waals surface area contributed by atoms with Crippen LogP contribution in [0.2, 0.25) is 0 Å². The lowest BCUT2D eigenvalue weighted by Crippen LogP contribution is -2.10. The van der Waals surface area contributed by atoms with Crippen molar-refractivity contribution in [3.8, 4) is 11.3 Å². The SMILES string of the molecule is Cc1nc(-c2ccc(NC(=O)C/C=C/C(=O)O)cc2)cc(=O)[nH]1. The van der Waals surface area contributed by atoms with Gasteiger partial charge in [0.1, 0.15) is 5.82 Å². The molecule has 0 radical (unpaired) electrons. The molecule has 1 aromatic heterocycles. The number of anilines is 1. The molecule has 0 fully saturated rings. The Balaban J connectivity index is 2.06. The topological polar surface area (TPSA) is 112 Å². The van der Waals surface area contributed by atoms with Crippen LogP contribution in [0.15, 0.2) is 47.3 Å². The number of hydrogen-bond acceptors (Lipinski definition) is 4. The van der Waals surface area contributed by atoms with Gasteiger partial charge in [0.15, 0.2) is 0 Å². The Labute approximate surface area is 131 Å². The molecule has 0 aliphatic rings. The highest BCUT2D eigenvalue weighted by Gasteiger charge is 2.04. The lowest BCUT2D eigenvalue weighted by molar-refractivity contribution is -0.131. The Morgan fingerprint density at radius 3 is 2.61 bits per heavy atom. The van der Waals surface area contributed by atoms with E-state index < -0.39 is 5.97 Å². The standard InChI is InChI=1S/C16H15N3O4/c1-10-17-13(9-15(21)18-10)11-5-7-12(8-6-11)19-14(20)3-2-4-16(22)23/h2,4-9H,3H2,1H3,(H,19,20)(H,22,23)(H,17,18,21)/b4-2+. The van der Waals surface area contributed by atoms with Crippen molar-refractivity contribution in [1.82, 2.24) is 9.97 Å². The second-order valence-corrected chi connectivity index (χ2v) is 4.79. The van der Waals surface area contributed by atoms with Crippen molar-refractivity contribution in [2.75, 3.05) is 5.32 Å². The van der Waals surface area contributed by atoms with Gasteiger partial charge in [0, 0.05) is 29.8 Å². The molecule has 2 aromatic rings. The van der Waals surface area contributed by atoms with Gasteiger partial charge in [-0.1, -0.05) is 18.2 Å². The number of carboxylic acids is 1. The molecule has 7 heteroatoms. The number of aromatic amines is 1. The maximum absolute atomic E-state index is 11.6. The van der Waals surface area contributed by atoms with E-state index in [4.69, 9.17) is 5.11 Å². The molecule has 0 saturated carbocycles. The summed E-state index contributed by atoms with van der Waals surface area (Å²) < 4.78 is 0. The highest BCUT2D eigenvalue weighted by Crippen LogP contribution is 2.18. The fourth-order valence-electron chi connectivity index (χ4n) is 1.93. The number of carboxylic acid groups (broad SMARTS) is 1. The average Bonchev–Trinajstić information content (AvgIpc) is 2.46. The number of aliphatic carboxylic acids is 1. The Bertz CT molecular complexity index is 807. The van der Waals surface area contributed by atoms with Crippen LogP contribution < -0.4 is 10.9 Å². The lowest BCUT2D eigenvalue weighted by Gasteiger charge is -2.05. The van der Waals surface area contributed by atoms with Crippen LogP contribution in [0.25, 0.3) is 11.3 Å². The third kappa shape index (κ3) is 4.92. The molecule has 0 saturated heterocycles. The molecule has 0 unspecified atom stereocenters. The molecule has 23 heavy (non-hydrogen) atoms. The van der Waals surface area contributed by atoms with Gasteiger partial charge < -0.3 is 15.4 Å².